The Morgan fingerprint density at radius 2 is 2.24 bits per heavy atom. The third-order valence-electron chi connectivity index (χ3n) is 3.77. The van der Waals surface area contributed by atoms with Crippen molar-refractivity contribution in [3.8, 4) is 0 Å². The highest BCUT2D eigenvalue weighted by Gasteiger charge is 2.40. The summed E-state index contributed by atoms with van der Waals surface area (Å²) in [4.78, 5) is 14.1. The third-order valence-corrected chi connectivity index (χ3v) is 3.77. The van der Waals surface area contributed by atoms with Gasteiger partial charge in [0.15, 0.2) is 0 Å². The number of amides is 1. The molecular formula is C13H25N3O. The fourth-order valence-electron chi connectivity index (χ4n) is 2.89. The van der Waals surface area contributed by atoms with E-state index in [4.69, 9.17) is 0 Å². The molecule has 2 aliphatic rings. The second kappa shape index (κ2) is 4.94. The highest BCUT2D eigenvalue weighted by molar-refractivity contribution is 5.82. The van der Waals surface area contributed by atoms with Crippen molar-refractivity contribution < 1.29 is 4.79 Å². The first kappa shape index (κ1) is 12.8. The summed E-state index contributed by atoms with van der Waals surface area (Å²) >= 11 is 0. The zero-order valence-electron chi connectivity index (χ0n) is 11.3. The van der Waals surface area contributed by atoms with Gasteiger partial charge < -0.3 is 10.6 Å². The van der Waals surface area contributed by atoms with E-state index in [1.165, 1.54) is 0 Å². The van der Waals surface area contributed by atoms with Crippen molar-refractivity contribution in [3.63, 3.8) is 0 Å². The van der Waals surface area contributed by atoms with E-state index in [9.17, 15) is 4.79 Å². The zero-order chi connectivity index (χ0) is 12.5. The molecule has 2 saturated heterocycles. The number of rotatable bonds is 3. The summed E-state index contributed by atoms with van der Waals surface area (Å²) < 4.78 is 0. The molecule has 98 valence electrons. The third kappa shape index (κ3) is 3.19. The number of carbonyl (C=O) groups is 1. The fourth-order valence-corrected chi connectivity index (χ4v) is 2.89. The molecule has 0 spiro atoms. The predicted octanol–water partition coefficient (Wildman–Crippen LogP) is 0.585. The smallest absolute Gasteiger partial charge is 0.224 e. The molecule has 2 heterocycles. The SMILES string of the molecule is CC(C)(C)NCCN1CCCC2C(=O)NCC21. The standard InChI is InChI=1S/C13H25N3O/c1-13(2,3)15-6-8-16-7-4-5-10-11(16)9-14-12(10)17/h10-11,15H,4-9H2,1-3H3,(H,14,17). The molecule has 4 heteroatoms. The number of carbonyl (C=O) groups excluding carboxylic acids is 1. The summed E-state index contributed by atoms with van der Waals surface area (Å²) in [6, 6.07) is 0.443. The molecule has 0 aromatic heterocycles. The van der Waals surface area contributed by atoms with E-state index >= 15 is 0 Å². The molecule has 0 aliphatic carbocycles. The van der Waals surface area contributed by atoms with Crippen LogP contribution < -0.4 is 10.6 Å². The van der Waals surface area contributed by atoms with Gasteiger partial charge in [0.25, 0.3) is 0 Å². The summed E-state index contributed by atoms with van der Waals surface area (Å²) in [5.74, 6) is 0.516. The number of nitrogens with zero attached hydrogens (tertiary/aromatic N) is 1. The highest BCUT2D eigenvalue weighted by Crippen LogP contribution is 2.26. The van der Waals surface area contributed by atoms with Crippen LogP contribution in [0.2, 0.25) is 0 Å². The Kier molecular flexibility index (Phi) is 3.73. The van der Waals surface area contributed by atoms with E-state index in [0.717, 1.165) is 39.0 Å². The van der Waals surface area contributed by atoms with Gasteiger partial charge in [-0.3, -0.25) is 9.69 Å². The predicted molar refractivity (Wildman–Crippen MR) is 68.9 cm³/mol. The van der Waals surface area contributed by atoms with Gasteiger partial charge in [0.2, 0.25) is 5.91 Å². The van der Waals surface area contributed by atoms with Crippen LogP contribution in [-0.4, -0.2) is 48.6 Å². The first-order chi connectivity index (χ1) is 7.97. The lowest BCUT2D eigenvalue weighted by Gasteiger charge is -2.36. The first-order valence-corrected chi connectivity index (χ1v) is 6.74. The van der Waals surface area contributed by atoms with Crippen LogP contribution in [0, 0.1) is 5.92 Å². The van der Waals surface area contributed by atoms with Gasteiger partial charge in [0.1, 0.15) is 0 Å². The average molecular weight is 239 g/mol. The minimum absolute atomic E-state index is 0.179. The topological polar surface area (TPSA) is 44.4 Å². The number of fused-ring (bicyclic) bond motifs is 1. The van der Waals surface area contributed by atoms with Crippen LogP contribution in [0.1, 0.15) is 33.6 Å². The van der Waals surface area contributed by atoms with Crippen molar-refractivity contribution >= 4 is 5.91 Å². The number of piperidine rings is 1. The highest BCUT2D eigenvalue weighted by atomic mass is 16.2. The Balaban J connectivity index is 1.82. The van der Waals surface area contributed by atoms with Gasteiger partial charge in [-0.25, -0.2) is 0 Å². The Morgan fingerprint density at radius 3 is 2.94 bits per heavy atom. The van der Waals surface area contributed by atoms with Crippen molar-refractivity contribution in [1.82, 2.24) is 15.5 Å². The summed E-state index contributed by atoms with van der Waals surface area (Å²) in [7, 11) is 0. The summed E-state index contributed by atoms with van der Waals surface area (Å²) in [5.41, 5.74) is 0.179. The van der Waals surface area contributed by atoms with E-state index in [-0.39, 0.29) is 17.4 Å². The number of hydrogen-bond acceptors (Lipinski definition) is 3. The largest absolute Gasteiger partial charge is 0.354 e. The van der Waals surface area contributed by atoms with Gasteiger partial charge in [0.05, 0.1) is 5.92 Å². The van der Waals surface area contributed by atoms with Crippen molar-refractivity contribution in [2.45, 2.75) is 45.2 Å². The summed E-state index contributed by atoms with van der Waals surface area (Å²) in [6.07, 6.45) is 2.23. The van der Waals surface area contributed by atoms with Crippen LogP contribution in [0.3, 0.4) is 0 Å². The van der Waals surface area contributed by atoms with Crippen LogP contribution >= 0.6 is 0 Å². The lowest BCUT2D eigenvalue weighted by Crippen LogP contribution is -2.49. The molecule has 0 radical (unpaired) electrons. The van der Waals surface area contributed by atoms with Crippen LogP contribution in [-0.2, 0) is 4.79 Å². The van der Waals surface area contributed by atoms with Gasteiger partial charge >= 0.3 is 0 Å². The van der Waals surface area contributed by atoms with Gasteiger partial charge in [-0.15, -0.1) is 0 Å². The van der Waals surface area contributed by atoms with Gasteiger partial charge in [-0.2, -0.15) is 0 Å². The van der Waals surface area contributed by atoms with E-state index in [1.54, 1.807) is 0 Å². The minimum atomic E-state index is 0.179. The van der Waals surface area contributed by atoms with Crippen molar-refractivity contribution in [3.05, 3.63) is 0 Å². The Morgan fingerprint density at radius 1 is 1.47 bits per heavy atom. The normalized spacial score (nSPS) is 30.2. The molecule has 2 fully saturated rings. The molecule has 2 unspecified atom stereocenters. The van der Waals surface area contributed by atoms with Crippen LogP contribution in [0.4, 0.5) is 0 Å². The molecule has 4 nitrogen and oxygen atoms in total. The average Bonchev–Trinajstić information content (AvgIpc) is 2.60. The van der Waals surface area contributed by atoms with Crippen molar-refractivity contribution in [1.29, 1.82) is 0 Å². The first-order valence-electron chi connectivity index (χ1n) is 6.74. The van der Waals surface area contributed by atoms with Crippen molar-refractivity contribution in [2.24, 2.45) is 5.92 Å². The Labute approximate surface area is 104 Å². The van der Waals surface area contributed by atoms with E-state index in [0.29, 0.717) is 6.04 Å². The molecular weight excluding hydrogens is 214 g/mol. The maximum Gasteiger partial charge on any atom is 0.224 e. The molecule has 2 N–H and O–H groups in total. The van der Waals surface area contributed by atoms with Crippen LogP contribution in [0.5, 0.6) is 0 Å². The molecule has 1 amide bonds. The Hall–Kier alpha value is -0.610. The van der Waals surface area contributed by atoms with Crippen LogP contribution in [0.15, 0.2) is 0 Å². The minimum Gasteiger partial charge on any atom is -0.354 e. The molecule has 0 bridgehead atoms. The van der Waals surface area contributed by atoms with Gasteiger partial charge in [0, 0.05) is 31.2 Å². The second-order valence-corrected chi connectivity index (χ2v) is 6.27. The lowest BCUT2D eigenvalue weighted by atomic mass is 9.91. The van der Waals surface area contributed by atoms with E-state index in [2.05, 4.69) is 36.3 Å². The molecule has 0 aromatic carbocycles. The maximum atomic E-state index is 11.6. The monoisotopic (exact) mass is 239 g/mol. The van der Waals surface area contributed by atoms with Gasteiger partial charge in [-0.1, -0.05) is 0 Å². The van der Waals surface area contributed by atoms with Crippen LogP contribution in [0.25, 0.3) is 0 Å². The molecule has 2 atom stereocenters. The summed E-state index contributed by atoms with van der Waals surface area (Å²) in [5, 5.41) is 6.51. The lowest BCUT2D eigenvalue weighted by molar-refractivity contribution is -0.124. The maximum absolute atomic E-state index is 11.6. The molecule has 0 saturated carbocycles. The number of nitrogens with one attached hydrogen (secondary N) is 2. The van der Waals surface area contributed by atoms with E-state index in [1.807, 2.05) is 0 Å². The summed E-state index contributed by atoms with van der Waals surface area (Å²) in [6.45, 7) is 10.6. The fraction of sp³-hybridized carbons (Fsp3) is 0.923. The Bertz CT molecular complexity index is 285. The molecule has 0 aromatic rings. The van der Waals surface area contributed by atoms with Crippen molar-refractivity contribution in [2.75, 3.05) is 26.2 Å². The second-order valence-electron chi connectivity index (χ2n) is 6.27. The quantitative estimate of drug-likeness (QED) is 0.757. The van der Waals surface area contributed by atoms with Gasteiger partial charge in [-0.05, 0) is 40.2 Å². The molecule has 2 rings (SSSR count). The molecule has 17 heavy (non-hydrogen) atoms. The van der Waals surface area contributed by atoms with E-state index < -0.39 is 0 Å². The number of likely N-dealkylation sites (tertiary alicyclic amines) is 1. The number of hydrogen-bond donors (Lipinski definition) is 2. The zero-order valence-corrected chi connectivity index (χ0v) is 11.3. The molecule has 2 aliphatic heterocycles.